The number of hydrogen-bond acceptors (Lipinski definition) is 2. The Labute approximate surface area is 196 Å². The van der Waals surface area contributed by atoms with Gasteiger partial charge in [0.25, 0.3) is 0 Å². The van der Waals surface area contributed by atoms with E-state index in [9.17, 15) is 35.5 Å². The Balaban J connectivity index is 1.96. The number of rotatable bonds is 6. The highest BCUT2D eigenvalue weighted by Gasteiger charge is 2.44. The van der Waals surface area contributed by atoms with Crippen LogP contribution >= 0.6 is 0 Å². The molecule has 4 rings (SSSR count). The van der Waals surface area contributed by atoms with E-state index in [0.717, 1.165) is 18.2 Å². The van der Waals surface area contributed by atoms with Crippen molar-refractivity contribution in [1.82, 2.24) is 10.3 Å². The smallest absolute Gasteiger partial charge is 0.340 e. The topological polar surface area (TPSA) is 42.0 Å². The van der Waals surface area contributed by atoms with Gasteiger partial charge in [0.05, 0.1) is 16.8 Å². The molecule has 184 valence electrons. The number of hydrogen-bond donors (Lipinski definition) is 1. The Morgan fingerprint density at radius 1 is 0.857 bits per heavy atom. The van der Waals surface area contributed by atoms with Crippen LogP contribution in [-0.4, -0.2) is 10.9 Å². The number of benzene rings is 2. The molecule has 0 bridgehead atoms. The number of pyridine rings is 1. The first-order valence-corrected chi connectivity index (χ1v) is 10.7. The van der Waals surface area contributed by atoms with Crippen molar-refractivity contribution in [3.8, 4) is 0 Å². The van der Waals surface area contributed by atoms with Crippen molar-refractivity contribution < 1.29 is 35.5 Å². The molecule has 1 fully saturated rings. The van der Waals surface area contributed by atoms with Crippen LogP contribution in [0.25, 0.3) is 0 Å². The van der Waals surface area contributed by atoms with Crippen LogP contribution in [0.4, 0.5) is 30.7 Å². The van der Waals surface area contributed by atoms with Crippen molar-refractivity contribution in [2.24, 2.45) is 5.92 Å². The maximum atomic E-state index is 14.5. The van der Waals surface area contributed by atoms with E-state index in [4.69, 9.17) is 0 Å². The lowest BCUT2D eigenvalue weighted by Crippen LogP contribution is -2.50. The Bertz CT molecular complexity index is 1200. The monoisotopic (exact) mass is 496 g/mol. The van der Waals surface area contributed by atoms with E-state index in [1.54, 1.807) is 30.3 Å². The van der Waals surface area contributed by atoms with Crippen molar-refractivity contribution >= 4 is 5.91 Å². The van der Waals surface area contributed by atoms with E-state index in [-0.39, 0.29) is 17.7 Å². The van der Waals surface area contributed by atoms with E-state index >= 15 is 0 Å². The van der Waals surface area contributed by atoms with Crippen LogP contribution in [0.2, 0.25) is 0 Å². The lowest BCUT2D eigenvalue weighted by molar-refractivity contribution is -0.138. The zero-order chi connectivity index (χ0) is 25.4. The highest BCUT2D eigenvalue weighted by atomic mass is 19.4. The van der Waals surface area contributed by atoms with Gasteiger partial charge >= 0.3 is 12.4 Å². The minimum atomic E-state index is -4.90. The molecule has 1 heterocycles. The molecule has 0 aliphatic heterocycles. The third-order valence-electron chi connectivity index (χ3n) is 5.84. The summed E-state index contributed by atoms with van der Waals surface area (Å²) < 4.78 is 94.6. The molecule has 1 atom stereocenters. The zero-order valence-corrected chi connectivity index (χ0v) is 18.1. The predicted molar refractivity (Wildman–Crippen MR) is 112 cm³/mol. The van der Waals surface area contributed by atoms with Crippen LogP contribution in [-0.2, 0) is 29.1 Å². The molecular formula is C25H19F7N2O. The number of halogens is 7. The third kappa shape index (κ3) is 5.47. The average Bonchev–Trinajstić information content (AvgIpc) is 3.63. The summed E-state index contributed by atoms with van der Waals surface area (Å²) in [6.45, 7) is 0. The number of nitrogens with one attached hydrogen (secondary N) is 1. The van der Waals surface area contributed by atoms with Gasteiger partial charge in [0.15, 0.2) is 0 Å². The van der Waals surface area contributed by atoms with Crippen molar-refractivity contribution in [3.63, 3.8) is 0 Å². The fourth-order valence-electron chi connectivity index (χ4n) is 3.89. The molecule has 0 spiro atoms. The summed E-state index contributed by atoms with van der Waals surface area (Å²) in [5, 5.41) is 2.72. The molecule has 1 aliphatic carbocycles. The van der Waals surface area contributed by atoms with Gasteiger partial charge in [0.2, 0.25) is 5.91 Å². The number of carbonyl (C=O) groups is 1. The van der Waals surface area contributed by atoms with Crippen molar-refractivity contribution in [3.05, 3.63) is 101 Å². The van der Waals surface area contributed by atoms with Crippen molar-refractivity contribution in [2.75, 3.05) is 0 Å². The Morgan fingerprint density at radius 3 is 2.03 bits per heavy atom. The normalized spacial score (nSPS) is 16.0. The second kappa shape index (κ2) is 8.98. The molecule has 10 heteroatoms. The first kappa shape index (κ1) is 24.7. The lowest BCUT2D eigenvalue weighted by atomic mass is 9.79. The summed E-state index contributed by atoms with van der Waals surface area (Å²) in [7, 11) is 0. The molecule has 0 saturated heterocycles. The Morgan fingerprint density at radius 2 is 1.49 bits per heavy atom. The van der Waals surface area contributed by atoms with Gasteiger partial charge in [0, 0.05) is 18.5 Å². The van der Waals surface area contributed by atoms with Crippen LogP contribution in [0.3, 0.4) is 0 Å². The molecule has 35 heavy (non-hydrogen) atoms. The van der Waals surface area contributed by atoms with Crippen LogP contribution in [0.1, 0.15) is 40.8 Å². The van der Waals surface area contributed by atoms with Gasteiger partial charge in [-0.05, 0) is 54.3 Å². The van der Waals surface area contributed by atoms with Crippen molar-refractivity contribution in [1.29, 1.82) is 0 Å². The zero-order valence-electron chi connectivity index (χ0n) is 18.1. The van der Waals surface area contributed by atoms with E-state index in [0.29, 0.717) is 36.7 Å². The van der Waals surface area contributed by atoms with Gasteiger partial charge in [-0.3, -0.25) is 9.78 Å². The quantitative estimate of drug-likeness (QED) is 0.409. The van der Waals surface area contributed by atoms with Gasteiger partial charge in [-0.15, -0.1) is 0 Å². The lowest BCUT2D eigenvalue weighted by Gasteiger charge is -2.36. The van der Waals surface area contributed by atoms with E-state index < -0.39 is 46.7 Å². The maximum Gasteiger partial charge on any atom is 0.417 e. The molecule has 2 aromatic carbocycles. The second-order valence-electron chi connectivity index (χ2n) is 8.49. The third-order valence-corrected chi connectivity index (χ3v) is 5.84. The first-order chi connectivity index (χ1) is 16.4. The van der Waals surface area contributed by atoms with Gasteiger partial charge in [0.1, 0.15) is 11.4 Å². The molecule has 0 radical (unpaired) electrons. The number of nitrogens with zero attached hydrogens (tertiary/aromatic N) is 1. The highest BCUT2D eigenvalue weighted by molar-refractivity contribution is 5.82. The number of aromatic nitrogens is 1. The largest absolute Gasteiger partial charge is 0.417 e. The van der Waals surface area contributed by atoms with E-state index in [1.165, 1.54) is 0 Å². The SMILES string of the molecule is O=C(N[C@](Cc1ccccc1)(c1cc(F)cc(C(F)(F)F)c1)c1ccc(C(F)(F)F)cn1)C1CC1. The molecule has 1 saturated carbocycles. The molecule has 1 N–H and O–H groups in total. The summed E-state index contributed by atoms with van der Waals surface area (Å²) in [4.78, 5) is 16.8. The average molecular weight is 496 g/mol. The van der Waals surface area contributed by atoms with Crippen LogP contribution in [0.15, 0.2) is 66.9 Å². The van der Waals surface area contributed by atoms with Crippen LogP contribution in [0, 0.1) is 11.7 Å². The summed E-state index contributed by atoms with van der Waals surface area (Å²) in [5.41, 5.74) is -4.12. The molecule has 1 aromatic heterocycles. The molecule has 3 aromatic rings. The van der Waals surface area contributed by atoms with E-state index in [2.05, 4.69) is 10.3 Å². The fraction of sp³-hybridized carbons (Fsp3) is 0.280. The van der Waals surface area contributed by atoms with Crippen LogP contribution in [0.5, 0.6) is 0 Å². The summed E-state index contributed by atoms with van der Waals surface area (Å²) in [6, 6.07) is 11.9. The Hall–Kier alpha value is -3.43. The highest BCUT2D eigenvalue weighted by Crippen LogP contribution is 2.40. The number of alkyl halides is 6. The minimum Gasteiger partial charge on any atom is -0.340 e. The number of amides is 1. The predicted octanol–water partition coefficient (Wildman–Crippen LogP) is 6.27. The first-order valence-electron chi connectivity index (χ1n) is 10.7. The van der Waals surface area contributed by atoms with E-state index in [1.807, 2.05) is 0 Å². The summed E-state index contributed by atoms with van der Waals surface area (Å²) in [5.74, 6) is -2.10. The van der Waals surface area contributed by atoms with Gasteiger partial charge in [-0.1, -0.05) is 30.3 Å². The second-order valence-corrected chi connectivity index (χ2v) is 8.49. The standard InChI is InChI=1S/C25H19F7N2O/c26-20-11-18(10-19(12-20)25(30,31)32)23(34-22(35)16-6-7-16,13-15-4-2-1-3-5-15)21-9-8-17(14-33-21)24(27,28)29/h1-5,8-12,14,16H,6-7,13H2,(H,34,35)/t23-/m1/s1. The molecule has 1 aliphatic rings. The molecule has 3 nitrogen and oxygen atoms in total. The van der Waals surface area contributed by atoms with Gasteiger partial charge < -0.3 is 5.32 Å². The number of carbonyl (C=O) groups excluding carboxylic acids is 1. The van der Waals surface area contributed by atoms with Crippen LogP contribution < -0.4 is 5.32 Å². The van der Waals surface area contributed by atoms with Gasteiger partial charge in [-0.2, -0.15) is 26.3 Å². The molecule has 0 unspecified atom stereocenters. The maximum absolute atomic E-state index is 14.5. The molecular weight excluding hydrogens is 477 g/mol. The van der Waals surface area contributed by atoms with Gasteiger partial charge in [-0.25, -0.2) is 4.39 Å². The molecule has 1 amide bonds. The van der Waals surface area contributed by atoms with Crippen molar-refractivity contribution in [2.45, 2.75) is 37.2 Å². The fourth-order valence-corrected chi connectivity index (χ4v) is 3.89. The summed E-state index contributed by atoms with van der Waals surface area (Å²) in [6.07, 6.45) is -8.11. The minimum absolute atomic E-state index is 0.151. The summed E-state index contributed by atoms with van der Waals surface area (Å²) >= 11 is 0. The Kier molecular flexibility index (Phi) is 6.33.